The van der Waals surface area contributed by atoms with E-state index in [4.69, 9.17) is 29.4 Å². The number of phenols is 1. The van der Waals surface area contributed by atoms with Crippen molar-refractivity contribution in [1.29, 1.82) is 5.26 Å². The summed E-state index contributed by atoms with van der Waals surface area (Å²) in [7, 11) is 3.50. The van der Waals surface area contributed by atoms with Crippen LogP contribution in [0.5, 0.6) is 28.7 Å². The Balaban J connectivity index is 1.60. The number of likely N-dealkylation sites (N-methyl/N-ethyl adjacent to an activating group) is 1. The fraction of sp³-hybridized carbons (Fsp3) is 0.531. The number of carbonyl (C=O) groups excluding carboxylic acids is 2. The summed E-state index contributed by atoms with van der Waals surface area (Å²) in [6.07, 6.45) is -0.00657. The number of hydrogen-bond acceptors (Lipinski definition) is 12. The molecule has 2 aromatic carbocycles. The minimum absolute atomic E-state index is 0.0378. The largest absolute Gasteiger partial charge is 0.513 e. The smallest absolute Gasteiger partial charge is 0.504 e. The van der Waals surface area contributed by atoms with Crippen molar-refractivity contribution in [3.8, 4) is 34.8 Å². The van der Waals surface area contributed by atoms with Crippen LogP contribution in [-0.2, 0) is 22.4 Å². The first-order valence-corrected chi connectivity index (χ1v) is 15.1. The highest BCUT2D eigenvalue weighted by Crippen LogP contribution is 2.58. The van der Waals surface area contributed by atoms with E-state index in [9.17, 15) is 20.0 Å². The van der Waals surface area contributed by atoms with Gasteiger partial charge in [-0.3, -0.25) is 14.6 Å². The van der Waals surface area contributed by atoms with Crippen LogP contribution in [-0.4, -0.2) is 85.2 Å². The Morgan fingerprint density at radius 2 is 1.93 bits per heavy atom. The number of piperazine rings is 1. The predicted octanol–water partition coefficient (Wildman–Crippen LogP) is 2.52. The molecule has 45 heavy (non-hydrogen) atoms. The van der Waals surface area contributed by atoms with E-state index in [0.29, 0.717) is 46.8 Å². The van der Waals surface area contributed by atoms with Crippen molar-refractivity contribution >= 4 is 12.1 Å². The summed E-state index contributed by atoms with van der Waals surface area (Å²) in [6.45, 7) is 7.16. The molecule has 1 fully saturated rings. The number of nitrogens with zero attached hydrogens (tertiary/aromatic N) is 3. The van der Waals surface area contributed by atoms with Gasteiger partial charge in [0.15, 0.2) is 23.0 Å². The van der Waals surface area contributed by atoms with Gasteiger partial charge in [-0.1, -0.05) is 6.07 Å². The number of nitrogens with two attached hydrogens (primary N) is 1. The van der Waals surface area contributed by atoms with E-state index in [0.717, 1.165) is 16.7 Å². The third kappa shape index (κ3) is 4.70. The molecular formula is C32H39N5O8. The maximum atomic E-state index is 12.8. The molecule has 4 heterocycles. The van der Waals surface area contributed by atoms with E-state index >= 15 is 0 Å². The van der Waals surface area contributed by atoms with E-state index < -0.39 is 30.3 Å². The standard InChI is InChI=1S/C32H39N5O8/c1-7-42-32(40)45-28-15(3)29-30(44-13-43-29)24-18(28)10-20-25-23-17(8-14(2)27(41-6)26(23)38)9-19(36(25)5)21(11-33)37(20)22(24)12-35-31(39)16(4)34/h8,16,19-22,25,38H,7,9-10,12-13,34H2,1-6H3,(H,35,39)/t16-,19+,20?,21-,22-,25-/m0/s1. The van der Waals surface area contributed by atoms with E-state index in [1.54, 1.807) is 20.8 Å². The predicted molar refractivity (Wildman–Crippen MR) is 160 cm³/mol. The number of ether oxygens (including phenoxy) is 5. The molecular weight excluding hydrogens is 582 g/mol. The molecule has 4 aliphatic heterocycles. The number of benzene rings is 2. The first-order valence-electron chi connectivity index (χ1n) is 15.1. The summed E-state index contributed by atoms with van der Waals surface area (Å²) < 4.78 is 28.5. The number of amides is 1. The molecule has 4 N–H and O–H groups in total. The maximum Gasteiger partial charge on any atom is 0.513 e. The van der Waals surface area contributed by atoms with Crippen molar-refractivity contribution in [1.82, 2.24) is 15.1 Å². The highest BCUT2D eigenvalue weighted by atomic mass is 16.7. The molecule has 13 nitrogen and oxygen atoms in total. The monoisotopic (exact) mass is 621 g/mol. The number of phenolic OH excluding ortho intramolecular Hbond substituents is 1. The molecule has 2 aromatic rings. The van der Waals surface area contributed by atoms with Crippen LogP contribution in [0.1, 0.15) is 59.3 Å². The topological polar surface area (TPSA) is 169 Å². The second kappa shape index (κ2) is 11.6. The summed E-state index contributed by atoms with van der Waals surface area (Å²) >= 11 is 0. The fourth-order valence-corrected chi connectivity index (χ4v) is 7.76. The van der Waals surface area contributed by atoms with Gasteiger partial charge in [0.1, 0.15) is 11.8 Å². The van der Waals surface area contributed by atoms with Crippen molar-refractivity contribution in [2.45, 2.75) is 76.8 Å². The van der Waals surface area contributed by atoms with Crippen LogP contribution >= 0.6 is 0 Å². The molecule has 13 heteroatoms. The van der Waals surface area contributed by atoms with Crippen molar-refractivity contribution in [2.24, 2.45) is 5.73 Å². The summed E-state index contributed by atoms with van der Waals surface area (Å²) in [5.74, 6) is 1.32. The minimum Gasteiger partial charge on any atom is -0.504 e. The number of fused-ring (bicyclic) bond motifs is 9. The zero-order valence-corrected chi connectivity index (χ0v) is 26.3. The third-order valence-corrected chi connectivity index (χ3v) is 9.60. The lowest BCUT2D eigenvalue weighted by molar-refractivity contribution is -0.123. The average molecular weight is 622 g/mol. The molecule has 0 spiro atoms. The normalized spacial score (nSPS) is 25.2. The molecule has 6 rings (SSSR count). The Hall–Kier alpha value is -4.25. The highest BCUT2D eigenvalue weighted by molar-refractivity contribution is 5.81. The Morgan fingerprint density at radius 1 is 1.20 bits per heavy atom. The second-order valence-corrected chi connectivity index (χ2v) is 12.1. The SMILES string of the molecule is CCOC(=O)Oc1c(C)c2c(c3c1CC1[C@H]4c5c(cc(C)c(OC)c5O)C[C@H]([C@H](C#N)N1[C@H]3CNC(=O)[C@H](C)N)N4C)OCO2. The van der Waals surface area contributed by atoms with E-state index in [1.807, 2.05) is 20.0 Å². The van der Waals surface area contributed by atoms with Crippen LogP contribution < -0.4 is 30.0 Å². The molecule has 240 valence electrons. The van der Waals surface area contributed by atoms with Crippen LogP contribution in [0.15, 0.2) is 6.07 Å². The van der Waals surface area contributed by atoms with Crippen LogP contribution in [0, 0.1) is 25.2 Å². The highest BCUT2D eigenvalue weighted by Gasteiger charge is 2.57. The minimum atomic E-state index is -0.859. The van der Waals surface area contributed by atoms with Gasteiger partial charge in [-0.05, 0) is 58.7 Å². The van der Waals surface area contributed by atoms with Crippen molar-refractivity contribution in [2.75, 3.05) is 34.1 Å². The van der Waals surface area contributed by atoms with Crippen LogP contribution in [0.25, 0.3) is 0 Å². The van der Waals surface area contributed by atoms with Crippen LogP contribution in [0.3, 0.4) is 0 Å². The Bertz CT molecular complexity index is 1600. The summed E-state index contributed by atoms with van der Waals surface area (Å²) in [5, 5.41) is 25.4. The molecule has 0 saturated carbocycles. The molecule has 0 radical (unpaired) electrons. The Kier molecular flexibility index (Phi) is 7.93. The van der Waals surface area contributed by atoms with Gasteiger partial charge in [0.2, 0.25) is 12.7 Å². The van der Waals surface area contributed by atoms with Gasteiger partial charge in [-0.2, -0.15) is 5.26 Å². The number of hydrogen-bond donors (Lipinski definition) is 3. The first kappa shape index (κ1) is 30.8. The quantitative estimate of drug-likeness (QED) is 0.319. The Morgan fingerprint density at radius 3 is 2.60 bits per heavy atom. The number of aromatic hydroxyl groups is 1. The molecule has 2 bridgehead atoms. The summed E-state index contributed by atoms with van der Waals surface area (Å²) in [4.78, 5) is 29.8. The summed E-state index contributed by atoms with van der Waals surface area (Å²) in [5.41, 5.74) is 10.3. The lowest BCUT2D eigenvalue weighted by Gasteiger charge is -2.60. The number of nitrogens with one attached hydrogen (secondary N) is 1. The average Bonchev–Trinajstić information content (AvgIpc) is 3.49. The van der Waals surface area contributed by atoms with Gasteiger partial charge in [-0.25, -0.2) is 4.79 Å². The molecule has 1 amide bonds. The molecule has 0 aliphatic carbocycles. The summed E-state index contributed by atoms with van der Waals surface area (Å²) in [6, 6.07) is 1.64. The lowest BCUT2D eigenvalue weighted by Crippen LogP contribution is -2.68. The van der Waals surface area contributed by atoms with Crippen LogP contribution in [0.4, 0.5) is 4.79 Å². The first-order chi connectivity index (χ1) is 21.5. The number of aryl methyl sites for hydroxylation is 1. The van der Waals surface area contributed by atoms with Gasteiger partial charge in [0, 0.05) is 40.9 Å². The number of methoxy groups -OCH3 is 1. The van der Waals surface area contributed by atoms with E-state index in [-0.39, 0.29) is 49.4 Å². The van der Waals surface area contributed by atoms with Gasteiger partial charge in [-0.15, -0.1) is 0 Å². The zero-order chi connectivity index (χ0) is 32.3. The number of carbonyl (C=O) groups is 2. The van der Waals surface area contributed by atoms with Crippen molar-refractivity contribution in [3.05, 3.63) is 39.4 Å². The molecule has 0 aromatic heterocycles. The number of rotatable bonds is 6. The van der Waals surface area contributed by atoms with Crippen molar-refractivity contribution < 1.29 is 38.4 Å². The van der Waals surface area contributed by atoms with Gasteiger partial charge in [0.25, 0.3) is 0 Å². The van der Waals surface area contributed by atoms with E-state index in [1.165, 1.54) is 7.11 Å². The molecule has 6 atom stereocenters. The van der Waals surface area contributed by atoms with E-state index in [2.05, 4.69) is 21.2 Å². The maximum absolute atomic E-state index is 12.8. The lowest BCUT2D eigenvalue weighted by atomic mass is 9.71. The zero-order valence-electron chi connectivity index (χ0n) is 26.3. The van der Waals surface area contributed by atoms with Gasteiger partial charge < -0.3 is 39.8 Å². The molecule has 1 unspecified atom stereocenters. The van der Waals surface area contributed by atoms with Crippen molar-refractivity contribution in [3.63, 3.8) is 0 Å². The van der Waals surface area contributed by atoms with Crippen LogP contribution in [0.2, 0.25) is 0 Å². The fourth-order valence-electron chi connectivity index (χ4n) is 7.76. The third-order valence-electron chi connectivity index (χ3n) is 9.60. The van der Waals surface area contributed by atoms with Gasteiger partial charge >= 0.3 is 6.16 Å². The second-order valence-electron chi connectivity index (χ2n) is 12.1. The molecule has 4 aliphatic rings. The Labute approximate surface area is 261 Å². The molecule has 1 saturated heterocycles. The number of nitriles is 1. The van der Waals surface area contributed by atoms with Gasteiger partial charge in [0.05, 0.1) is 37.9 Å².